The summed E-state index contributed by atoms with van der Waals surface area (Å²) in [6.45, 7) is 0.749. The fourth-order valence-electron chi connectivity index (χ4n) is 2.77. The van der Waals surface area contributed by atoms with Crippen molar-refractivity contribution in [2.75, 3.05) is 6.54 Å². The SMILES string of the molecule is O=C(O)[C@H]1CC[C@@H]2CN1C(=O)N2OCc1ccccc1. The molecule has 2 bridgehead atoms. The monoisotopic (exact) mass is 276 g/mol. The van der Waals surface area contributed by atoms with Crippen molar-refractivity contribution in [1.82, 2.24) is 9.96 Å². The van der Waals surface area contributed by atoms with E-state index in [1.807, 2.05) is 30.3 Å². The van der Waals surface area contributed by atoms with E-state index in [9.17, 15) is 9.59 Å². The Bertz CT molecular complexity index is 519. The molecule has 2 aliphatic heterocycles. The first-order chi connectivity index (χ1) is 9.66. The van der Waals surface area contributed by atoms with E-state index in [2.05, 4.69) is 0 Å². The molecular formula is C14H16N2O4. The average Bonchev–Trinajstić information content (AvgIpc) is 2.70. The van der Waals surface area contributed by atoms with Gasteiger partial charge in [-0.15, -0.1) is 0 Å². The first kappa shape index (κ1) is 12.9. The molecule has 2 aliphatic rings. The Morgan fingerprint density at radius 2 is 2.05 bits per heavy atom. The van der Waals surface area contributed by atoms with Crippen LogP contribution in [0.5, 0.6) is 0 Å². The molecule has 0 aliphatic carbocycles. The third kappa shape index (κ3) is 2.22. The quantitative estimate of drug-likeness (QED) is 0.904. The lowest BCUT2D eigenvalue weighted by atomic mass is 10.0. The third-order valence-electron chi connectivity index (χ3n) is 3.82. The van der Waals surface area contributed by atoms with Gasteiger partial charge < -0.3 is 10.0 Å². The van der Waals surface area contributed by atoms with Gasteiger partial charge in [0.1, 0.15) is 12.6 Å². The molecule has 20 heavy (non-hydrogen) atoms. The van der Waals surface area contributed by atoms with Crippen molar-refractivity contribution in [2.24, 2.45) is 0 Å². The van der Waals surface area contributed by atoms with Crippen molar-refractivity contribution < 1.29 is 19.5 Å². The molecule has 1 aromatic rings. The fourth-order valence-corrected chi connectivity index (χ4v) is 2.77. The van der Waals surface area contributed by atoms with Crippen LogP contribution in [-0.2, 0) is 16.2 Å². The summed E-state index contributed by atoms with van der Waals surface area (Å²) < 4.78 is 0. The van der Waals surface area contributed by atoms with Gasteiger partial charge in [-0.3, -0.25) is 4.84 Å². The Morgan fingerprint density at radius 1 is 1.30 bits per heavy atom. The largest absolute Gasteiger partial charge is 0.480 e. The molecule has 2 saturated heterocycles. The molecule has 0 spiro atoms. The van der Waals surface area contributed by atoms with Crippen LogP contribution in [0, 0.1) is 0 Å². The molecule has 2 atom stereocenters. The fraction of sp³-hybridized carbons (Fsp3) is 0.429. The van der Waals surface area contributed by atoms with E-state index in [1.165, 1.54) is 9.96 Å². The third-order valence-corrected chi connectivity index (χ3v) is 3.82. The second kappa shape index (κ2) is 5.13. The highest BCUT2D eigenvalue weighted by Crippen LogP contribution is 2.30. The van der Waals surface area contributed by atoms with E-state index < -0.39 is 12.0 Å². The number of urea groups is 1. The Morgan fingerprint density at radius 3 is 2.75 bits per heavy atom. The number of carboxylic acids is 1. The van der Waals surface area contributed by atoms with Gasteiger partial charge >= 0.3 is 12.0 Å². The van der Waals surface area contributed by atoms with Crippen molar-refractivity contribution in [2.45, 2.75) is 31.5 Å². The van der Waals surface area contributed by atoms with Crippen molar-refractivity contribution in [1.29, 1.82) is 0 Å². The van der Waals surface area contributed by atoms with Crippen molar-refractivity contribution in [3.63, 3.8) is 0 Å². The minimum Gasteiger partial charge on any atom is -0.480 e. The van der Waals surface area contributed by atoms with Crippen molar-refractivity contribution in [3.8, 4) is 0 Å². The minimum absolute atomic E-state index is 0.0400. The Labute approximate surface area is 116 Å². The molecule has 0 radical (unpaired) electrons. The standard InChI is InChI=1S/C14H16N2O4/c17-13(18)12-7-6-11-8-15(12)14(19)16(11)20-9-10-4-2-1-3-5-10/h1-5,11-12H,6-9H2,(H,17,18)/t11-,12-/m1/s1. The van der Waals surface area contributed by atoms with E-state index in [-0.39, 0.29) is 12.1 Å². The van der Waals surface area contributed by atoms with E-state index in [0.717, 1.165) is 5.56 Å². The van der Waals surface area contributed by atoms with Crippen LogP contribution in [0.25, 0.3) is 0 Å². The lowest BCUT2D eigenvalue weighted by Crippen LogP contribution is -2.44. The van der Waals surface area contributed by atoms with E-state index in [1.54, 1.807) is 0 Å². The van der Waals surface area contributed by atoms with Crippen LogP contribution in [-0.4, -0.2) is 45.7 Å². The zero-order chi connectivity index (χ0) is 14.1. The van der Waals surface area contributed by atoms with Gasteiger partial charge in [-0.1, -0.05) is 30.3 Å². The maximum absolute atomic E-state index is 12.2. The summed E-state index contributed by atoms with van der Waals surface area (Å²) in [5.74, 6) is -0.943. The number of benzene rings is 1. The molecule has 1 aromatic carbocycles. The van der Waals surface area contributed by atoms with Crippen molar-refractivity contribution >= 4 is 12.0 Å². The summed E-state index contributed by atoms with van der Waals surface area (Å²) in [5, 5.41) is 10.5. The first-order valence-electron chi connectivity index (χ1n) is 6.66. The molecule has 2 heterocycles. The van der Waals surface area contributed by atoms with Gasteiger partial charge in [-0.25, -0.2) is 9.59 Å². The van der Waals surface area contributed by atoms with E-state index in [0.29, 0.717) is 26.0 Å². The number of carbonyl (C=O) groups excluding carboxylic acids is 1. The van der Waals surface area contributed by atoms with Gasteiger partial charge in [0, 0.05) is 6.54 Å². The highest BCUT2D eigenvalue weighted by Gasteiger charge is 2.47. The highest BCUT2D eigenvalue weighted by molar-refractivity contribution is 5.84. The summed E-state index contributed by atoms with van der Waals surface area (Å²) in [5.41, 5.74) is 0.978. The number of hydrogen-bond donors (Lipinski definition) is 1. The molecule has 0 unspecified atom stereocenters. The molecule has 6 nitrogen and oxygen atoms in total. The highest BCUT2D eigenvalue weighted by atomic mass is 16.7. The summed E-state index contributed by atoms with van der Waals surface area (Å²) in [6.07, 6.45) is 1.14. The number of hydroxylamine groups is 2. The van der Waals surface area contributed by atoms with Gasteiger partial charge in [0.2, 0.25) is 0 Å². The maximum Gasteiger partial charge on any atom is 0.345 e. The second-order valence-corrected chi connectivity index (χ2v) is 5.10. The summed E-state index contributed by atoms with van der Waals surface area (Å²) >= 11 is 0. The Hall–Kier alpha value is -2.08. The van der Waals surface area contributed by atoms with Gasteiger partial charge in [0.05, 0.1) is 6.04 Å². The van der Waals surface area contributed by atoms with Crippen LogP contribution in [0.4, 0.5) is 4.79 Å². The Balaban J connectivity index is 1.67. The van der Waals surface area contributed by atoms with Crippen LogP contribution in [0.2, 0.25) is 0 Å². The van der Waals surface area contributed by atoms with E-state index in [4.69, 9.17) is 9.94 Å². The summed E-state index contributed by atoms with van der Waals surface area (Å²) in [6, 6.07) is 8.49. The number of carbonyl (C=O) groups is 2. The predicted molar refractivity (Wildman–Crippen MR) is 69.6 cm³/mol. The number of rotatable bonds is 4. The molecule has 6 heteroatoms. The predicted octanol–water partition coefficient (Wildman–Crippen LogP) is 1.47. The van der Waals surface area contributed by atoms with Crippen LogP contribution in [0.3, 0.4) is 0 Å². The van der Waals surface area contributed by atoms with Gasteiger partial charge in [0.15, 0.2) is 0 Å². The molecule has 106 valence electrons. The second-order valence-electron chi connectivity index (χ2n) is 5.10. The minimum atomic E-state index is -0.943. The zero-order valence-corrected chi connectivity index (χ0v) is 10.9. The van der Waals surface area contributed by atoms with E-state index >= 15 is 0 Å². The number of fused-ring (bicyclic) bond motifs is 2. The number of nitrogens with zero attached hydrogens (tertiary/aromatic N) is 2. The zero-order valence-electron chi connectivity index (χ0n) is 10.9. The normalized spacial score (nSPS) is 25.1. The number of amides is 2. The molecular weight excluding hydrogens is 260 g/mol. The number of piperidine rings is 1. The smallest absolute Gasteiger partial charge is 0.345 e. The van der Waals surface area contributed by atoms with Gasteiger partial charge in [-0.05, 0) is 18.4 Å². The van der Waals surface area contributed by atoms with Crippen LogP contribution < -0.4 is 0 Å². The molecule has 2 fully saturated rings. The summed E-state index contributed by atoms with van der Waals surface area (Å²) in [7, 11) is 0. The lowest BCUT2D eigenvalue weighted by Gasteiger charge is -2.26. The van der Waals surface area contributed by atoms with Gasteiger partial charge in [-0.2, -0.15) is 5.06 Å². The molecule has 3 rings (SSSR count). The summed E-state index contributed by atoms with van der Waals surface area (Å²) in [4.78, 5) is 30.3. The number of hydrogen-bond acceptors (Lipinski definition) is 3. The average molecular weight is 276 g/mol. The molecule has 0 saturated carbocycles. The first-order valence-corrected chi connectivity index (χ1v) is 6.66. The Kier molecular flexibility index (Phi) is 3.31. The molecule has 0 aromatic heterocycles. The topological polar surface area (TPSA) is 70.1 Å². The lowest BCUT2D eigenvalue weighted by molar-refractivity contribution is -0.143. The van der Waals surface area contributed by atoms with Crippen molar-refractivity contribution in [3.05, 3.63) is 35.9 Å². The van der Waals surface area contributed by atoms with Crippen LogP contribution >= 0.6 is 0 Å². The van der Waals surface area contributed by atoms with Crippen LogP contribution in [0.1, 0.15) is 18.4 Å². The molecule has 1 N–H and O–H groups in total. The van der Waals surface area contributed by atoms with Gasteiger partial charge in [0.25, 0.3) is 0 Å². The van der Waals surface area contributed by atoms with Crippen LogP contribution in [0.15, 0.2) is 30.3 Å². The maximum atomic E-state index is 12.2. The molecule has 2 amide bonds. The number of aliphatic carboxylic acids is 1. The number of carboxylic acid groups (broad SMARTS) is 1.